The molecule has 1 saturated heterocycles. The van der Waals surface area contributed by atoms with Gasteiger partial charge in [-0.3, -0.25) is 10.1 Å². The Hall–Kier alpha value is -0.820. The zero-order chi connectivity index (χ0) is 12.2. The molecule has 0 aromatic carbocycles. The molecule has 94 valence electrons. The zero-order valence-corrected chi connectivity index (χ0v) is 8.99. The minimum Gasteiger partial charge on any atom is -0.468 e. The fourth-order valence-electron chi connectivity index (χ4n) is 1.77. The van der Waals surface area contributed by atoms with Crippen LogP contribution in [0.5, 0.6) is 0 Å². The van der Waals surface area contributed by atoms with Crippen molar-refractivity contribution in [3.05, 3.63) is 0 Å². The van der Waals surface area contributed by atoms with Gasteiger partial charge in [0.05, 0.1) is 13.7 Å². The molecule has 1 aliphatic rings. The Bertz CT molecular complexity index is 250. The van der Waals surface area contributed by atoms with E-state index in [0.29, 0.717) is 25.9 Å². The first-order valence-electron chi connectivity index (χ1n) is 5.00. The monoisotopic (exact) mass is 240 g/mol. The van der Waals surface area contributed by atoms with Crippen LogP contribution in [0.1, 0.15) is 12.8 Å². The number of methoxy groups -OCH3 is 1. The second-order valence-corrected chi connectivity index (χ2v) is 3.79. The SMILES string of the molecule is COC(=O)C1(NCC(F)(F)F)CCNCC1. The lowest BCUT2D eigenvalue weighted by Crippen LogP contribution is -2.59. The molecule has 1 aliphatic heterocycles. The minimum absolute atomic E-state index is 0.301. The Morgan fingerprint density at radius 1 is 1.44 bits per heavy atom. The normalized spacial score (nSPS) is 20.5. The quantitative estimate of drug-likeness (QED) is 0.703. The van der Waals surface area contributed by atoms with Gasteiger partial charge in [-0.1, -0.05) is 0 Å². The van der Waals surface area contributed by atoms with E-state index in [4.69, 9.17) is 0 Å². The van der Waals surface area contributed by atoms with Gasteiger partial charge in [-0.15, -0.1) is 0 Å². The number of ether oxygens (including phenoxy) is 1. The molecule has 1 rings (SSSR count). The molecule has 1 fully saturated rings. The van der Waals surface area contributed by atoms with Gasteiger partial charge in [-0.25, -0.2) is 0 Å². The highest BCUT2D eigenvalue weighted by Gasteiger charge is 2.43. The van der Waals surface area contributed by atoms with Crippen LogP contribution in [0.4, 0.5) is 13.2 Å². The van der Waals surface area contributed by atoms with E-state index in [2.05, 4.69) is 15.4 Å². The lowest BCUT2D eigenvalue weighted by Gasteiger charge is -2.36. The topological polar surface area (TPSA) is 50.4 Å². The van der Waals surface area contributed by atoms with Crippen LogP contribution in [-0.2, 0) is 9.53 Å². The summed E-state index contributed by atoms with van der Waals surface area (Å²) >= 11 is 0. The summed E-state index contributed by atoms with van der Waals surface area (Å²) in [7, 11) is 1.18. The number of halogens is 3. The average molecular weight is 240 g/mol. The molecule has 0 amide bonds. The third-order valence-corrected chi connectivity index (χ3v) is 2.66. The molecule has 0 aliphatic carbocycles. The summed E-state index contributed by atoms with van der Waals surface area (Å²) in [5, 5.41) is 5.27. The largest absolute Gasteiger partial charge is 0.468 e. The molecule has 1 heterocycles. The van der Waals surface area contributed by atoms with Crippen molar-refractivity contribution in [2.45, 2.75) is 24.6 Å². The average Bonchev–Trinajstić information content (AvgIpc) is 2.25. The summed E-state index contributed by atoms with van der Waals surface area (Å²) < 4.78 is 40.9. The first-order chi connectivity index (χ1) is 7.40. The Morgan fingerprint density at radius 3 is 2.44 bits per heavy atom. The lowest BCUT2D eigenvalue weighted by atomic mass is 9.88. The van der Waals surface area contributed by atoms with Crippen LogP contribution >= 0.6 is 0 Å². The van der Waals surface area contributed by atoms with E-state index in [0.717, 1.165) is 0 Å². The highest BCUT2D eigenvalue weighted by atomic mass is 19.4. The van der Waals surface area contributed by atoms with Gasteiger partial charge in [-0.05, 0) is 25.9 Å². The molecule has 4 nitrogen and oxygen atoms in total. The van der Waals surface area contributed by atoms with Gasteiger partial charge in [0.2, 0.25) is 0 Å². The van der Waals surface area contributed by atoms with E-state index in [1.807, 2.05) is 0 Å². The van der Waals surface area contributed by atoms with Gasteiger partial charge >= 0.3 is 12.1 Å². The fourth-order valence-corrected chi connectivity index (χ4v) is 1.77. The Kier molecular flexibility index (Phi) is 4.15. The number of hydrogen-bond acceptors (Lipinski definition) is 4. The number of nitrogens with one attached hydrogen (secondary N) is 2. The third-order valence-electron chi connectivity index (χ3n) is 2.66. The molecular weight excluding hydrogens is 225 g/mol. The molecule has 0 bridgehead atoms. The molecule has 0 aromatic rings. The Morgan fingerprint density at radius 2 is 2.00 bits per heavy atom. The van der Waals surface area contributed by atoms with Crippen molar-refractivity contribution in [2.24, 2.45) is 0 Å². The summed E-state index contributed by atoms with van der Waals surface area (Å²) in [4.78, 5) is 11.5. The summed E-state index contributed by atoms with van der Waals surface area (Å²) in [6, 6.07) is 0. The number of carbonyl (C=O) groups is 1. The van der Waals surface area contributed by atoms with Gasteiger partial charge in [0.25, 0.3) is 0 Å². The van der Waals surface area contributed by atoms with Crippen LogP contribution in [0.15, 0.2) is 0 Å². The number of carbonyl (C=O) groups excluding carboxylic acids is 1. The van der Waals surface area contributed by atoms with Crippen LogP contribution in [0.2, 0.25) is 0 Å². The summed E-state index contributed by atoms with van der Waals surface area (Å²) in [6.07, 6.45) is -3.72. The van der Waals surface area contributed by atoms with Gasteiger partial charge < -0.3 is 10.1 Å². The van der Waals surface area contributed by atoms with Gasteiger partial charge in [-0.2, -0.15) is 13.2 Å². The highest BCUT2D eigenvalue weighted by Crippen LogP contribution is 2.22. The van der Waals surface area contributed by atoms with Crippen molar-refractivity contribution in [2.75, 3.05) is 26.7 Å². The van der Waals surface area contributed by atoms with E-state index in [9.17, 15) is 18.0 Å². The molecule has 2 N–H and O–H groups in total. The predicted molar refractivity (Wildman–Crippen MR) is 50.9 cm³/mol. The van der Waals surface area contributed by atoms with E-state index in [1.165, 1.54) is 7.11 Å². The fraction of sp³-hybridized carbons (Fsp3) is 0.889. The molecule has 0 unspecified atom stereocenters. The number of alkyl halides is 3. The predicted octanol–water partition coefficient (Wildman–Crippen LogP) is 0.433. The zero-order valence-electron chi connectivity index (χ0n) is 8.99. The van der Waals surface area contributed by atoms with Crippen LogP contribution in [0.25, 0.3) is 0 Å². The van der Waals surface area contributed by atoms with Crippen LogP contribution in [0.3, 0.4) is 0 Å². The van der Waals surface area contributed by atoms with Crippen LogP contribution in [0, 0.1) is 0 Å². The molecule has 0 atom stereocenters. The van der Waals surface area contributed by atoms with Crippen molar-refractivity contribution in [1.29, 1.82) is 0 Å². The number of piperidine rings is 1. The van der Waals surface area contributed by atoms with Crippen LogP contribution in [-0.4, -0.2) is 44.4 Å². The molecule has 0 radical (unpaired) electrons. The minimum atomic E-state index is -4.33. The maximum absolute atomic E-state index is 12.1. The van der Waals surface area contributed by atoms with Crippen molar-refractivity contribution in [1.82, 2.24) is 10.6 Å². The van der Waals surface area contributed by atoms with Crippen molar-refractivity contribution in [3.63, 3.8) is 0 Å². The summed E-state index contributed by atoms with van der Waals surface area (Å²) in [5.41, 5.74) is -1.20. The van der Waals surface area contributed by atoms with Crippen molar-refractivity contribution >= 4 is 5.97 Å². The summed E-state index contributed by atoms with van der Waals surface area (Å²) in [5.74, 6) is -0.627. The molecule has 0 saturated carbocycles. The smallest absolute Gasteiger partial charge is 0.401 e. The van der Waals surface area contributed by atoms with Gasteiger partial charge in [0, 0.05) is 0 Å². The van der Waals surface area contributed by atoms with E-state index in [-0.39, 0.29) is 0 Å². The van der Waals surface area contributed by atoms with Crippen LogP contribution < -0.4 is 10.6 Å². The Labute approximate surface area is 91.5 Å². The lowest BCUT2D eigenvalue weighted by molar-refractivity contribution is -0.155. The molecular formula is C9H15F3N2O2. The van der Waals surface area contributed by atoms with Crippen molar-refractivity contribution < 1.29 is 22.7 Å². The van der Waals surface area contributed by atoms with E-state index < -0.39 is 24.2 Å². The third kappa shape index (κ3) is 3.34. The highest BCUT2D eigenvalue weighted by molar-refractivity contribution is 5.81. The number of hydrogen-bond donors (Lipinski definition) is 2. The van der Waals surface area contributed by atoms with E-state index >= 15 is 0 Å². The first kappa shape index (κ1) is 13.2. The van der Waals surface area contributed by atoms with E-state index in [1.54, 1.807) is 0 Å². The van der Waals surface area contributed by atoms with Gasteiger partial charge in [0.15, 0.2) is 0 Å². The second kappa shape index (κ2) is 5.01. The Balaban J connectivity index is 2.67. The molecule has 7 heteroatoms. The molecule has 16 heavy (non-hydrogen) atoms. The maximum atomic E-state index is 12.1. The number of rotatable bonds is 3. The maximum Gasteiger partial charge on any atom is 0.401 e. The standard InChI is InChI=1S/C9H15F3N2O2/c1-16-7(15)8(2-4-13-5-3-8)14-6-9(10,11)12/h13-14H,2-6H2,1H3. The molecule has 0 aromatic heterocycles. The number of esters is 1. The summed E-state index contributed by atoms with van der Waals surface area (Å²) in [6.45, 7) is -0.179. The first-order valence-corrected chi connectivity index (χ1v) is 5.00. The molecule has 0 spiro atoms. The van der Waals surface area contributed by atoms with Crippen molar-refractivity contribution in [3.8, 4) is 0 Å². The van der Waals surface area contributed by atoms with Gasteiger partial charge in [0.1, 0.15) is 5.54 Å². The second-order valence-electron chi connectivity index (χ2n) is 3.79.